The Labute approximate surface area is 101 Å². The summed E-state index contributed by atoms with van der Waals surface area (Å²) >= 11 is 0. The first-order chi connectivity index (χ1) is 8.20. The van der Waals surface area contributed by atoms with E-state index in [4.69, 9.17) is 0 Å². The monoisotopic (exact) mass is 230 g/mol. The zero-order valence-corrected chi connectivity index (χ0v) is 9.94. The first-order valence-electron chi connectivity index (χ1n) is 5.60. The normalized spacial score (nSPS) is 12.4. The molecule has 0 fully saturated rings. The van der Waals surface area contributed by atoms with E-state index in [-0.39, 0.29) is 11.9 Å². The van der Waals surface area contributed by atoms with Crippen LogP contribution in [-0.4, -0.2) is 12.0 Å². The number of aromatic nitrogens is 1. The van der Waals surface area contributed by atoms with Crippen LogP contribution in [0.1, 0.15) is 18.5 Å². The largest absolute Gasteiger partial charge is 0.313 e. The highest BCUT2D eigenvalue weighted by molar-refractivity contribution is 5.59. The zero-order valence-electron chi connectivity index (χ0n) is 9.94. The summed E-state index contributed by atoms with van der Waals surface area (Å²) in [5.74, 6) is -0.228. The Hall–Kier alpha value is -1.74. The highest BCUT2D eigenvalue weighted by atomic mass is 19.1. The van der Waals surface area contributed by atoms with E-state index in [2.05, 4.69) is 17.2 Å². The first-order valence-corrected chi connectivity index (χ1v) is 5.60. The second-order valence-corrected chi connectivity index (χ2v) is 3.99. The zero-order chi connectivity index (χ0) is 12.3. The molecule has 2 rings (SSSR count). The van der Waals surface area contributed by atoms with Crippen molar-refractivity contribution in [2.75, 3.05) is 7.05 Å². The van der Waals surface area contributed by atoms with Crippen molar-refractivity contribution in [3.8, 4) is 11.3 Å². The van der Waals surface area contributed by atoms with Crippen molar-refractivity contribution in [1.29, 1.82) is 0 Å². The number of benzene rings is 1. The second kappa shape index (κ2) is 5.06. The Morgan fingerprint density at radius 1 is 1.18 bits per heavy atom. The van der Waals surface area contributed by atoms with Crippen LogP contribution in [0, 0.1) is 5.82 Å². The van der Waals surface area contributed by atoms with Gasteiger partial charge in [-0.25, -0.2) is 4.39 Å². The van der Waals surface area contributed by atoms with Crippen LogP contribution in [0.15, 0.2) is 42.6 Å². The minimum atomic E-state index is -0.228. The van der Waals surface area contributed by atoms with E-state index in [1.54, 1.807) is 18.3 Å². The van der Waals surface area contributed by atoms with Gasteiger partial charge in [-0.15, -0.1) is 0 Å². The molecule has 3 heteroatoms. The molecule has 1 N–H and O–H groups in total. The molecule has 1 unspecified atom stereocenters. The molecule has 1 aromatic carbocycles. The van der Waals surface area contributed by atoms with E-state index in [9.17, 15) is 4.39 Å². The van der Waals surface area contributed by atoms with Gasteiger partial charge in [0.1, 0.15) is 5.82 Å². The minimum Gasteiger partial charge on any atom is -0.313 e. The van der Waals surface area contributed by atoms with Crippen molar-refractivity contribution >= 4 is 0 Å². The minimum absolute atomic E-state index is 0.228. The standard InChI is InChI=1S/C14H15FN2/c1-10(16-2)12-7-8-17-14(9-12)11-3-5-13(15)6-4-11/h3-10,16H,1-2H3. The van der Waals surface area contributed by atoms with Crippen LogP contribution >= 0.6 is 0 Å². The number of nitrogens with zero attached hydrogens (tertiary/aromatic N) is 1. The van der Waals surface area contributed by atoms with Crippen LogP contribution in [-0.2, 0) is 0 Å². The van der Waals surface area contributed by atoms with E-state index >= 15 is 0 Å². The number of halogens is 1. The fourth-order valence-corrected chi connectivity index (χ4v) is 1.66. The Morgan fingerprint density at radius 3 is 2.53 bits per heavy atom. The maximum atomic E-state index is 12.8. The Bertz CT molecular complexity index is 494. The maximum Gasteiger partial charge on any atom is 0.123 e. The lowest BCUT2D eigenvalue weighted by Crippen LogP contribution is -2.12. The SMILES string of the molecule is CNC(C)c1ccnc(-c2ccc(F)cc2)c1. The highest BCUT2D eigenvalue weighted by Gasteiger charge is 2.05. The number of hydrogen-bond acceptors (Lipinski definition) is 2. The van der Waals surface area contributed by atoms with Gasteiger partial charge in [0.15, 0.2) is 0 Å². The van der Waals surface area contributed by atoms with E-state index in [1.807, 2.05) is 19.2 Å². The molecule has 0 spiro atoms. The third kappa shape index (κ3) is 2.68. The second-order valence-electron chi connectivity index (χ2n) is 3.99. The van der Waals surface area contributed by atoms with Crippen molar-refractivity contribution < 1.29 is 4.39 Å². The molecule has 0 aliphatic heterocycles. The van der Waals surface area contributed by atoms with Gasteiger partial charge in [-0.05, 0) is 55.9 Å². The molecule has 0 saturated carbocycles. The molecule has 1 heterocycles. The predicted molar refractivity (Wildman–Crippen MR) is 67.1 cm³/mol. The summed E-state index contributed by atoms with van der Waals surface area (Å²) in [6.07, 6.45) is 1.78. The van der Waals surface area contributed by atoms with Crippen molar-refractivity contribution in [2.24, 2.45) is 0 Å². The van der Waals surface area contributed by atoms with Crippen molar-refractivity contribution in [1.82, 2.24) is 10.3 Å². The number of rotatable bonds is 3. The highest BCUT2D eigenvalue weighted by Crippen LogP contribution is 2.20. The molecule has 1 aromatic heterocycles. The molecule has 0 amide bonds. The average molecular weight is 230 g/mol. The van der Waals surface area contributed by atoms with Crippen LogP contribution in [0.2, 0.25) is 0 Å². The summed E-state index contributed by atoms with van der Waals surface area (Å²) in [6, 6.07) is 10.7. The van der Waals surface area contributed by atoms with Gasteiger partial charge >= 0.3 is 0 Å². The lowest BCUT2D eigenvalue weighted by Gasteiger charge is -2.11. The molecule has 0 saturated heterocycles. The van der Waals surface area contributed by atoms with E-state index in [1.165, 1.54) is 17.7 Å². The summed E-state index contributed by atoms with van der Waals surface area (Å²) < 4.78 is 12.8. The van der Waals surface area contributed by atoms with Gasteiger partial charge in [0, 0.05) is 17.8 Å². The molecular formula is C14H15FN2. The quantitative estimate of drug-likeness (QED) is 0.876. The van der Waals surface area contributed by atoms with Crippen LogP contribution in [0.4, 0.5) is 4.39 Å². The molecule has 0 bridgehead atoms. The Balaban J connectivity index is 2.36. The Kier molecular flexibility index (Phi) is 3.49. The molecule has 2 nitrogen and oxygen atoms in total. The topological polar surface area (TPSA) is 24.9 Å². The van der Waals surface area contributed by atoms with Gasteiger partial charge in [-0.2, -0.15) is 0 Å². The fourth-order valence-electron chi connectivity index (χ4n) is 1.66. The van der Waals surface area contributed by atoms with Crippen molar-refractivity contribution in [2.45, 2.75) is 13.0 Å². The van der Waals surface area contributed by atoms with Gasteiger partial charge < -0.3 is 5.32 Å². The first kappa shape index (κ1) is 11.7. The smallest absolute Gasteiger partial charge is 0.123 e. The third-order valence-corrected chi connectivity index (χ3v) is 2.86. The summed E-state index contributed by atoms with van der Waals surface area (Å²) in [7, 11) is 1.92. The van der Waals surface area contributed by atoms with Crippen LogP contribution in [0.5, 0.6) is 0 Å². The Morgan fingerprint density at radius 2 is 1.88 bits per heavy atom. The number of hydrogen-bond donors (Lipinski definition) is 1. The number of nitrogens with one attached hydrogen (secondary N) is 1. The van der Waals surface area contributed by atoms with E-state index < -0.39 is 0 Å². The van der Waals surface area contributed by atoms with Gasteiger partial charge in [-0.1, -0.05) is 0 Å². The van der Waals surface area contributed by atoms with Crippen molar-refractivity contribution in [3.63, 3.8) is 0 Å². The molecule has 2 aromatic rings. The molecule has 0 radical (unpaired) electrons. The molecule has 0 aliphatic carbocycles. The van der Waals surface area contributed by atoms with Gasteiger partial charge in [0.2, 0.25) is 0 Å². The predicted octanol–water partition coefficient (Wildman–Crippen LogP) is 3.17. The lowest BCUT2D eigenvalue weighted by atomic mass is 10.1. The van der Waals surface area contributed by atoms with E-state index in [0.29, 0.717) is 0 Å². The molecule has 0 aliphatic rings. The van der Waals surface area contributed by atoms with Crippen LogP contribution in [0.3, 0.4) is 0 Å². The van der Waals surface area contributed by atoms with Crippen LogP contribution < -0.4 is 5.32 Å². The lowest BCUT2D eigenvalue weighted by molar-refractivity contribution is 0.628. The van der Waals surface area contributed by atoms with Gasteiger partial charge in [0.25, 0.3) is 0 Å². The summed E-state index contributed by atoms with van der Waals surface area (Å²) in [6.45, 7) is 2.09. The molecule has 1 atom stereocenters. The summed E-state index contributed by atoms with van der Waals surface area (Å²) in [5, 5.41) is 3.18. The average Bonchev–Trinajstić information content (AvgIpc) is 2.39. The maximum absolute atomic E-state index is 12.8. The molecule has 17 heavy (non-hydrogen) atoms. The van der Waals surface area contributed by atoms with Gasteiger partial charge in [-0.3, -0.25) is 4.98 Å². The fraction of sp³-hybridized carbons (Fsp3) is 0.214. The third-order valence-electron chi connectivity index (χ3n) is 2.86. The molecular weight excluding hydrogens is 215 g/mol. The molecule has 88 valence electrons. The van der Waals surface area contributed by atoms with Gasteiger partial charge in [0.05, 0.1) is 5.69 Å². The van der Waals surface area contributed by atoms with Crippen molar-refractivity contribution in [3.05, 3.63) is 54.0 Å². The van der Waals surface area contributed by atoms with E-state index in [0.717, 1.165) is 11.3 Å². The summed E-state index contributed by atoms with van der Waals surface area (Å²) in [5.41, 5.74) is 2.96. The van der Waals surface area contributed by atoms with Crippen LogP contribution in [0.25, 0.3) is 11.3 Å². The summed E-state index contributed by atoms with van der Waals surface area (Å²) in [4.78, 5) is 4.31. The number of pyridine rings is 1.